The van der Waals surface area contributed by atoms with E-state index in [0.717, 1.165) is 0 Å². The average Bonchev–Trinajstić information content (AvgIpc) is 2.19. The van der Waals surface area contributed by atoms with Crippen molar-refractivity contribution in [1.29, 1.82) is 0 Å². The summed E-state index contributed by atoms with van der Waals surface area (Å²) >= 11 is 0. The zero-order valence-electron chi connectivity index (χ0n) is 7.04. The fourth-order valence-electron chi connectivity index (χ4n) is 0.768. The number of carboxylic acids is 1. The van der Waals surface area contributed by atoms with Gasteiger partial charge in [0, 0.05) is 12.3 Å². The predicted octanol–water partition coefficient (Wildman–Crippen LogP) is 0.791. The summed E-state index contributed by atoms with van der Waals surface area (Å²) in [4.78, 5) is 25.1. The van der Waals surface area contributed by atoms with E-state index in [2.05, 4.69) is 4.98 Å². The van der Waals surface area contributed by atoms with Crippen LogP contribution in [0.3, 0.4) is 0 Å². The number of carbonyl (C=O) groups excluding carboxylic acids is 1. The van der Waals surface area contributed by atoms with E-state index in [1.165, 1.54) is 12.3 Å². The van der Waals surface area contributed by atoms with Crippen LogP contribution in [0, 0.1) is 0 Å². The summed E-state index contributed by atoms with van der Waals surface area (Å²) in [7, 11) is 0. The molecule has 0 radical (unpaired) electrons. The van der Waals surface area contributed by atoms with E-state index < -0.39 is 17.5 Å². The summed E-state index contributed by atoms with van der Waals surface area (Å²) in [6, 6.07) is 4.64. The number of allylic oxidation sites excluding steroid dienone is 1. The van der Waals surface area contributed by atoms with Crippen molar-refractivity contribution in [3.05, 3.63) is 41.9 Å². The quantitative estimate of drug-likeness (QED) is 0.421. The molecule has 1 aromatic rings. The van der Waals surface area contributed by atoms with E-state index in [1.54, 1.807) is 12.1 Å². The number of hydrogen-bond donors (Lipinski definition) is 2. The third-order valence-electron chi connectivity index (χ3n) is 1.40. The zero-order valence-corrected chi connectivity index (χ0v) is 7.04. The summed E-state index contributed by atoms with van der Waals surface area (Å²) in [5.41, 5.74) is 0.0836. The molecule has 2 N–H and O–H groups in total. The van der Waals surface area contributed by atoms with Gasteiger partial charge in [-0.15, -0.1) is 0 Å². The Morgan fingerprint density at radius 3 is 2.50 bits per heavy atom. The summed E-state index contributed by atoms with van der Waals surface area (Å²) in [6.45, 7) is 0. The smallest absolute Gasteiger partial charge is 0.371 e. The maximum Gasteiger partial charge on any atom is 0.371 e. The highest BCUT2D eigenvalue weighted by Crippen LogP contribution is 1.98. The van der Waals surface area contributed by atoms with Gasteiger partial charge < -0.3 is 10.2 Å². The highest BCUT2D eigenvalue weighted by molar-refractivity contribution is 6.06. The molecule has 1 aromatic heterocycles. The Balaban J connectivity index is 2.88. The lowest BCUT2D eigenvalue weighted by Crippen LogP contribution is -2.04. The number of aliphatic carboxylic acids is 1. The third-order valence-corrected chi connectivity index (χ3v) is 1.40. The normalized spacial score (nSPS) is 11.0. The lowest BCUT2D eigenvalue weighted by molar-refractivity contribution is -0.135. The van der Waals surface area contributed by atoms with Gasteiger partial charge in [-0.3, -0.25) is 9.78 Å². The molecule has 0 amide bonds. The molecule has 0 atom stereocenters. The molecule has 14 heavy (non-hydrogen) atoms. The number of ketones is 1. The van der Waals surface area contributed by atoms with Crippen LogP contribution in [-0.2, 0) is 4.79 Å². The standard InChI is InChI=1S/C9H7NO4/c11-7(5-8(12)9(13)14)6-3-1-2-4-10-6/h1-5,12H,(H,13,14)/b8-5-. The molecule has 0 aliphatic carbocycles. The fourth-order valence-corrected chi connectivity index (χ4v) is 0.768. The van der Waals surface area contributed by atoms with Crippen molar-refractivity contribution < 1.29 is 19.8 Å². The Labute approximate surface area is 79.3 Å². The molecule has 1 heterocycles. The molecule has 0 aliphatic heterocycles. The first-order valence-electron chi connectivity index (χ1n) is 3.70. The first-order chi connectivity index (χ1) is 6.61. The summed E-state index contributed by atoms with van der Waals surface area (Å²) < 4.78 is 0. The van der Waals surface area contributed by atoms with Gasteiger partial charge in [-0.1, -0.05) is 6.07 Å². The van der Waals surface area contributed by atoms with Gasteiger partial charge in [-0.2, -0.15) is 0 Å². The lowest BCUT2D eigenvalue weighted by atomic mass is 10.2. The maximum atomic E-state index is 11.2. The predicted molar refractivity (Wildman–Crippen MR) is 46.9 cm³/mol. The van der Waals surface area contributed by atoms with Crippen molar-refractivity contribution in [3.63, 3.8) is 0 Å². The molecular weight excluding hydrogens is 186 g/mol. The molecule has 0 aliphatic rings. The van der Waals surface area contributed by atoms with Gasteiger partial charge in [-0.25, -0.2) is 4.79 Å². The molecule has 5 nitrogen and oxygen atoms in total. The Kier molecular flexibility index (Phi) is 2.96. The molecule has 0 saturated heterocycles. The Bertz CT molecular complexity index is 383. The second kappa shape index (κ2) is 4.18. The molecule has 0 aromatic carbocycles. The van der Waals surface area contributed by atoms with E-state index >= 15 is 0 Å². The summed E-state index contributed by atoms with van der Waals surface area (Å²) in [5, 5.41) is 17.1. The van der Waals surface area contributed by atoms with E-state index in [-0.39, 0.29) is 5.69 Å². The number of hydrogen-bond acceptors (Lipinski definition) is 4. The SMILES string of the molecule is O=C(O)/C(O)=C/C(=O)c1ccccn1. The van der Waals surface area contributed by atoms with E-state index in [4.69, 9.17) is 10.2 Å². The first kappa shape index (κ1) is 9.91. The van der Waals surface area contributed by atoms with Crippen LogP contribution in [0.15, 0.2) is 36.2 Å². The highest BCUT2D eigenvalue weighted by Gasteiger charge is 2.09. The molecule has 5 heteroatoms. The van der Waals surface area contributed by atoms with E-state index in [1.807, 2.05) is 0 Å². The minimum atomic E-state index is -1.55. The van der Waals surface area contributed by atoms with Crippen LogP contribution >= 0.6 is 0 Å². The van der Waals surface area contributed by atoms with Crippen molar-refractivity contribution in [2.24, 2.45) is 0 Å². The molecular formula is C9H7NO4. The van der Waals surface area contributed by atoms with E-state index in [0.29, 0.717) is 6.08 Å². The second-order valence-corrected chi connectivity index (χ2v) is 2.41. The second-order valence-electron chi connectivity index (χ2n) is 2.41. The van der Waals surface area contributed by atoms with Gasteiger partial charge >= 0.3 is 5.97 Å². The van der Waals surface area contributed by atoms with Gasteiger partial charge in [0.2, 0.25) is 11.5 Å². The number of nitrogens with zero attached hydrogens (tertiary/aromatic N) is 1. The maximum absolute atomic E-state index is 11.2. The molecule has 0 spiro atoms. The molecule has 0 unspecified atom stereocenters. The molecule has 0 saturated carbocycles. The largest absolute Gasteiger partial charge is 0.502 e. The lowest BCUT2D eigenvalue weighted by Gasteiger charge is -1.93. The van der Waals surface area contributed by atoms with Crippen LogP contribution in [0.1, 0.15) is 10.5 Å². The molecule has 1 rings (SSSR count). The average molecular weight is 193 g/mol. The Morgan fingerprint density at radius 2 is 2.00 bits per heavy atom. The van der Waals surface area contributed by atoms with Gasteiger partial charge in [0.1, 0.15) is 5.69 Å². The first-order valence-corrected chi connectivity index (χ1v) is 3.70. The Hall–Kier alpha value is -2.17. The minimum Gasteiger partial charge on any atom is -0.502 e. The summed E-state index contributed by atoms with van der Waals surface area (Å²) in [6.07, 6.45) is 2.02. The van der Waals surface area contributed by atoms with Gasteiger partial charge in [0.15, 0.2) is 0 Å². The Morgan fingerprint density at radius 1 is 1.29 bits per heavy atom. The van der Waals surface area contributed by atoms with Crippen molar-refractivity contribution in [1.82, 2.24) is 4.98 Å². The van der Waals surface area contributed by atoms with Crippen LogP contribution in [0.5, 0.6) is 0 Å². The van der Waals surface area contributed by atoms with Crippen molar-refractivity contribution in [2.45, 2.75) is 0 Å². The fraction of sp³-hybridized carbons (Fsp3) is 0. The van der Waals surface area contributed by atoms with Crippen molar-refractivity contribution >= 4 is 11.8 Å². The number of aliphatic hydroxyl groups is 1. The van der Waals surface area contributed by atoms with Crippen LogP contribution in [0.4, 0.5) is 0 Å². The van der Waals surface area contributed by atoms with Crippen LogP contribution < -0.4 is 0 Å². The highest BCUT2D eigenvalue weighted by atomic mass is 16.4. The third kappa shape index (κ3) is 2.41. The molecule has 72 valence electrons. The number of aliphatic hydroxyl groups excluding tert-OH is 1. The monoisotopic (exact) mass is 193 g/mol. The summed E-state index contributed by atoms with van der Waals surface area (Å²) in [5.74, 6) is -3.19. The number of rotatable bonds is 3. The van der Waals surface area contributed by atoms with Crippen LogP contribution in [0.2, 0.25) is 0 Å². The van der Waals surface area contributed by atoms with Crippen LogP contribution in [-0.4, -0.2) is 26.9 Å². The van der Waals surface area contributed by atoms with Gasteiger partial charge in [0.25, 0.3) is 0 Å². The van der Waals surface area contributed by atoms with E-state index in [9.17, 15) is 9.59 Å². The minimum absolute atomic E-state index is 0.0836. The van der Waals surface area contributed by atoms with Gasteiger partial charge in [0.05, 0.1) is 0 Å². The number of carbonyl (C=O) groups is 2. The zero-order chi connectivity index (χ0) is 10.6. The number of aromatic nitrogens is 1. The number of pyridine rings is 1. The molecule has 0 bridgehead atoms. The topological polar surface area (TPSA) is 87.5 Å². The number of carboxylic acid groups (broad SMARTS) is 1. The van der Waals surface area contributed by atoms with Crippen molar-refractivity contribution in [3.8, 4) is 0 Å². The van der Waals surface area contributed by atoms with Crippen molar-refractivity contribution in [2.75, 3.05) is 0 Å². The van der Waals surface area contributed by atoms with Crippen LogP contribution in [0.25, 0.3) is 0 Å². The molecule has 0 fully saturated rings. The van der Waals surface area contributed by atoms with Gasteiger partial charge in [-0.05, 0) is 12.1 Å².